The summed E-state index contributed by atoms with van der Waals surface area (Å²) in [5, 5.41) is -0.493. The highest BCUT2D eigenvalue weighted by Gasteiger charge is 2.41. The summed E-state index contributed by atoms with van der Waals surface area (Å²) in [6.45, 7) is 0. The molecule has 6 heteroatoms. The van der Waals surface area contributed by atoms with Crippen LogP contribution in [-0.2, 0) is 10.0 Å². The molecule has 2 saturated carbocycles. The molecule has 1 aromatic heterocycles. The summed E-state index contributed by atoms with van der Waals surface area (Å²) in [4.78, 5) is 3.63. The van der Waals surface area contributed by atoms with E-state index in [4.69, 9.17) is 0 Å². The molecule has 4 nitrogen and oxygen atoms in total. The molecule has 0 aliphatic heterocycles. The minimum absolute atomic E-state index is 0.0462. The average Bonchev–Trinajstić information content (AvgIpc) is 2.90. The summed E-state index contributed by atoms with van der Waals surface area (Å²) in [5.41, 5.74) is 0. The Morgan fingerprint density at radius 2 is 2.17 bits per heavy atom. The summed E-state index contributed by atoms with van der Waals surface area (Å²) in [5.74, 6) is 0.251. The number of sulfonamides is 1. The third kappa shape index (κ3) is 2.03. The van der Waals surface area contributed by atoms with Gasteiger partial charge in [-0.1, -0.05) is 6.42 Å². The number of pyridine rings is 1. The van der Waals surface area contributed by atoms with E-state index in [1.165, 1.54) is 18.7 Å². The van der Waals surface area contributed by atoms with Gasteiger partial charge < -0.3 is 0 Å². The van der Waals surface area contributed by atoms with Crippen LogP contribution in [0.5, 0.6) is 0 Å². The molecule has 2 aliphatic carbocycles. The highest BCUT2D eigenvalue weighted by molar-refractivity contribution is 7.89. The van der Waals surface area contributed by atoms with Gasteiger partial charge in [0.1, 0.15) is 0 Å². The molecule has 2 fully saturated rings. The number of fused-ring (bicyclic) bond motifs is 2. The lowest BCUT2D eigenvalue weighted by Crippen LogP contribution is -2.39. The fourth-order valence-electron chi connectivity index (χ4n) is 3.21. The molecule has 0 spiro atoms. The van der Waals surface area contributed by atoms with Crippen LogP contribution in [0, 0.1) is 17.7 Å². The molecule has 3 unspecified atom stereocenters. The lowest BCUT2D eigenvalue weighted by Gasteiger charge is -2.22. The maximum atomic E-state index is 13.5. The first-order chi connectivity index (χ1) is 8.56. The molecule has 3 rings (SSSR count). The van der Waals surface area contributed by atoms with Crippen LogP contribution in [0.2, 0.25) is 0 Å². The Morgan fingerprint density at radius 3 is 2.78 bits per heavy atom. The Labute approximate surface area is 106 Å². The van der Waals surface area contributed by atoms with Gasteiger partial charge >= 0.3 is 0 Å². The van der Waals surface area contributed by atoms with E-state index in [0.717, 1.165) is 25.3 Å². The van der Waals surface area contributed by atoms with Crippen LogP contribution in [-0.4, -0.2) is 19.4 Å². The van der Waals surface area contributed by atoms with Crippen molar-refractivity contribution >= 4 is 10.0 Å². The fraction of sp³-hybridized carbons (Fsp3) is 0.583. The summed E-state index contributed by atoms with van der Waals surface area (Å²) < 4.78 is 40.2. The predicted molar refractivity (Wildman–Crippen MR) is 63.8 cm³/mol. The van der Waals surface area contributed by atoms with E-state index in [9.17, 15) is 12.8 Å². The zero-order valence-corrected chi connectivity index (χ0v) is 10.7. The van der Waals surface area contributed by atoms with E-state index in [2.05, 4.69) is 9.71 Å². The molecule has 0 aromatic carbocycles. The Hall–Kier alpha value is -1.01. The molecular formula is C12H15FN2O2S. The highest BCUT2D eigenvalue weighted by atomic mass is 32.2. The van der Waals surface area contributed by atoms with Gasteiger partial charge in [-0.05, 0) is 43.2 Å². The van der Waals surface area contributed by atoms with Gasteiger partial charge in [0.25, 0.3) is 10.0 Å². The second kappa shape index (κ2) is 4.28. The summed E-state index contributed by atoms with van der Waals surface area (Å²) in [6.07, 6.45) is 5.53. The van der Waals surface area contributed by atoms with Gasteiger partial charge in [-0.15, -0.1) is 0 Å². The van der Waals surface area contributed by atoms with Crippen molar-refractivity contribution in [3.8, 4) is 0 Å². The number of halogens is 1. The van der Waals surface area contributed by atoms with Crippen molar-refractivity contribution in [1.29, 1.82) is 0 Å². The van der Waals surface area contributed by atoms with Gasteiger partial charge in [-0.2, -0.15) is 0 Å². The molecule has 18 heavy (non-hydrogen) atoms. The van der Waals surface area contributed by atoms with Crippen molar-refractivity contribution in [2.24, 2.45) is 11.8 Å². The van der Waals surface area contributed by atoms with Crippen LogP contribution < -0.4 is 4.72 Å². The maximum absolute atomic E-state index is 13.5. The second-order valence-corrected chi connectivity index (χ2v) is 6.82. The standard InChI is InChI=1S/C12H15FN2O2S/c13-10-2-1-5-14-12(10)18(16,17)15-11-7-8-3-4-9(11)6-8/h1-2,5,8-9,11,15H,3-4,6-7H2. The largest absolute Gasteiger partial charge is 0.261 e. The molecule has 98 valence electrons. The van der Waals surface area contributed by atoms with Crippen molar-refractivity contribution in [3.63, 3.8) is 0 Å². The van der Waals surface area contributed by atoms with Crippen molar-refractivity contribution in [2.45, 2.75) is 36.8 Å². The normalized spacial score (nSPS) is 30.8. The first-order valence-electron chi connectivity index (χ1n) is 6.19. The molecule has 2 bridgehead atoms. The Kier molecular flexibility index (Phi) is 2.86. The van der Waals surface area contributed by atoms with Crippen LogP contribution >= 0.6 is 0 Å². The third-order valence-electron chi connectivity index (χ3n) is 4.02. The minimum Gasteiger partial charge on any atom is -0.241 e. The molecule has 2 aliphatic rings. The first-order valence-corrected chi connectivity index (χ1v) is 7.67. The molecule has 1 heterocycles. The van der Waals surface area contributed by atoms with Gasteiger partial charge in [-0.25, -0.2) is 22.5 Å². The van der Waals surface area contributed by atoms with Crippen LogP contribution in [0.15, 0.2) is 23.4 Å². The monoisotopic (exact) mass is 270 g/mol. The fourth-order valence-corrected chi connectivity index (χ4v) is 4.54. The molecule has 3 atom stereocenters. The molecule has 0 saturated heterocycles. The smallest absolute Gasteiger partial charge is 0.241 e. The minimum atomic E-state index is -3.83. The van der Waals surface area contributed by atoms with E-state index in [1.54, 1.807) is 0 Å². The lowest BCUT2D eigenvalue weighted by atomic mass is 9.96. The molecule has 0 amide bonds. The summed E-state index contributed by atoms with van der Waals surface area (Å²) in [7, 11) is -3.83. The number of rotatable bonds is 3. The van der Waals surface area contributed by atoms with Crippen molar-refractivity contribution < 1.29 is 12.8 Å². The quantitative estimate of drug-likeness (QED) is 0.909. The summed E-state index contributed by atoms with van der Waals surface area (Å²) >= 11 is 0. The van der Waals surface area contributed by atoms with E-state index in [0.29, 0.717) is 11.8 Å². The number of hydrogen-bond donors (Lipinski definition) is 1. The Morgan fingerprint density at radius 1 is 1.33 bits per heavy atom. The zero-order valence-electron chi connectivity index (χ0n) is 9.84. The van der Waals surface area contributed by atoms with Gasteiger partial charge in [0.15, 0.2) is 5.82 Å². The number of nitrogens with zero attached hydrogens (tertiary/aromatic N) is 1. The number of nitrogens with one attached hydrogen (secondary N) is 1. The van der Waals surface area contributed by atoms with Gasteiger partial charge in [-0.3, -0.25) is 0 Å². The molecule has 0 radical (unpaired) electrons. The van der Waals surface area contributed by atoms with Gasteiger partial charge in [0.2, 0.25) is 5.03 Å². The summed E-state index contributed by atoms with van der Waals surface area (Å²) in [6, 6.07) is 2.45. The van der Waals surface area contributed by atoms with Crippen molar-refractivity contribution in [2.75, 3.05) is 0 Å². The van der Waals surface area contributed by atoms with E-state index in [1.807, 2.05) is 0 Å². The van der Waals surface area contributed by atoms with Crippen molar-refractivity contribution in [3.05, 3.63) is 24.1 Å². The van der Waals surface area contributed by atoms with Crippen LogP contribution in [0.1, 0.15) is 25.7 Å². The SMILES string of the molecule is O=S(=O)(NC1CC2CCC1C2)c1ncccc1F. The van der Waals surface area contributed by atoms with Crippen molar-refractivity contribution in [1.82, 2.24) is 9.71 Å². The molecule has 1 aromatic rings. The predicted octanol–water partition coefficient (Wildman–Crippen LogP) is 1.69. The van der Waals surface area contributed by atoms with Gasteiger partial charge in [0, 0.05) is 12.2 Å². The Bertz CT molecular complexity index is 561. The lowest BCUT2D eigenvalue weighted by molar-refractivity contribution is 0.389. The van der Waals surface area contributed by atoms with Crippen LogP contribution in [0.4, 0.5) is 4.39 Å². The number of hydrogen-bond acceptors (Lipinski definition) is 3. The molecule has 1 N–H and O–H groups in total. The van der Waals surface area contributed by atoms with Gasteiger partial charge in [0.05, 0.1) is 0 Å². The van der Waals surface area contributed by atoms with Crippen LogP contribution in [0.25, 0.3) is 0 Å². The topological polar surface area (TPSA) is 59.1 Å². The van der Waals surface area contributed by atoms with E-state index in [-0.39, 0.29) is 6.04 Å². The second-order valence-electron chi connectivity index (χ2n) is 5.19. The van der Waals surface area contributed by atoms with Crippen LogP contribution in [0.3, 0.4) is 0 Å². The molecular weight excluding hydrogens is 255 g/mol. The Balaban J connectivity index is 1.82. The first kappa shape index (κ1) is 12.0. The number of aromatic nitrogens is 1. The third-order valence-corrected chi connectivity index (χ3v) is 5.45. The van der Waals surface area contributed by atoms with E-state index < -0.39 is 20.9 Å². The average molecular weight is 270 g/mol. The van der Waals surface area contributed by atoms with E-state index >= 15 is 0 Å². The highest BCUT2D eigenvalue weighted by Crippen LogP contribution is 2.44. The maximum Gasteiger partial charge on any atom is 0.261 e. The zero-order chi connectivity index (χ0) is 12.8.